The van der Waals surface area contributed by atoms with E-state index >= 15 is 0 Å². The van der Waals surface area contributed by atoms with E-state index in [1.165, 1.54) is 5.57 Å². The molecule has 1 heterocycles. The monoisotopic (exact) mass is 149 g/mol. The van der Waals surface area contributed by atoms with Crippen molar-refractivity contribution in [3.63, 3.8) is 0 Å². The lowest BCUT2D eigenvalue weighted by molar-refractivity contribution is 0.406. The molecule has 1 aliphatic heterocycles. The van der Waals surface area contributed by atoms with E-state index in [0.717, 1.165) is 25.1 Å². The molecule has 2 heteroatoms. The van der Waals surface area contributed by atoms with Gasteiger partial charge in [-0.15, -0.1) is 0 Å². The molecule has 2 nitrogen and oxygen atoms in total. The van der Waals surface area contributed by atoms with Gasteiger partial charge in [-0.3, -0.25) is 0 Å². The number of dihydropyridines is 1. The number of aliphatic hydroxyl groups excluding tert-OH is 1. The quantitative estimate of drug-likeness (QED) is 0.548. The maximum Gasteiger partial charge on any atom is 0.134 e. The molecule has 0 atom stereocenters. The molecule has 0 spiro atoms. The van der Waals surface area contributed by atoms with Crippen molar-refractivity contribution in [2.45, 2.75) is 12.8 Å². The maximum atomic E-state index is 9.41. The van der Waals surface area contributed by atoms with Crippen LogP contribution in [0.1, 0.15) is 12.8 Å². The molecular weight excluding hydrogens is 138 g/mol. The van der Waals surface area contributed by atoms with E-state index in [1.807, 2.05) is 6.08 Å². The van der Waals surface area contributed by atoms with Crippen LogP contribution in [-0.4, -0.2) is 11.7 Å². The molecular formula is C9H11NO. The van der Waals surface area contributed by atoms with Crippen LogP contribution in [0.2, 0.25) is 0 Å². The Morgan fingerprint density at radius 3 is 3.18 bits per heavy atom. The third-order valence-corrected chi connectivity index (χ3v) is 2.04. The van der Waals surface area contributed by atoms with E-state index in [2.05, 4.69) is 17.5 Å². The minimum atomic E-state index is 0.413. The van der Waals surface area contributed by atoms with E-state index in [-0.39, 0.29) is 0 Å². The Balaban J connectivity index is 2.37. The highest BCUT2D eigenvalue weighted by Gasteiger charge is 2.14. The van der Waals surface area contributed by atoms with Crippen molar-refractivity contribution in [3.8, 4) is 0 Å². The first-order valence-corrected chi connectivity index (χ1v) is 3.91. The van der Waals surface area contributed by atoms with Gasteiger partial charge in [-0.2, -0.15) is 0 Å². The first-order chi connectivity index (χ1) is 5.38. The Bertz CT molecular complexity index is 261. The predicted octanol–water partition coefficient (Wildman–Crippen LogP) is 1.64. The fourth-order valence-corrected chi connectivity index (χ4v) is 1.49. The molecule has 0 aromatic rings. The first-order valence-electron chi connectivity index (χ1n) is 3.91. The Hall–Kier alpha value is -1.18. The van der Waals surface area contributed by atoms with Crippen molar-refractivity contribution in [1.82, 2.24) is 5.32 Å². The average Bonchev–Trinajstić information content (AvgIpc) is 2.06. The molecule has 0 fully saturated rings. The molecule has 0 saturated heterocycles. The van der Waals surface area contributed by atoms with E-state index in [0.29, 0.717) is 5.76 Å². The summed E-state index contributed by atoms with van der Waals surface area (Å²) in [6.07, 6.45) is 8.04. The smallest absolute Gasteiger partial charge is 0.134 e. The molecule has 0 radical (unpaired) electrons. The minimum absolute atomic E-state index is 0.413. The topological polar surface area (TPSA) is 32.3 Å². The molecule has 0 aromatic carbocycles. The van der Waals surface area contributed by atoms with E-state index in [4.69, 9.17) is 0 Å². The van der Waals surface area contributed by atoms with Gasteiger partial charge < -0.3 is 10.4 Å². The summed E-state index contributed by atoms with van der Waals surface area (Å²) < 4.78 is 0. The van der Waals surface area contributed by atoms with Gasteiger partial charge in [0.05, 0.1) is 5.70 Å². The van der Waals surface area contributed by atoms with Gasteiger partial charge in [0.15, 0.2) is 0 Å². The largest absolute Gasteiger partial charge is 0.506 e. The summed E-state index contributed by atoms with van der Waals surface area (Å²) in [5, 5.41) is 12.6. The highest BCUT2D eigenvalue weighted by Crippen LogP contribution is 2.24. The van der Waals surface area contributed by atoms with Gasteiger partial charge in [0.25, 0.3) is 0 Å². The standard InChI is InChI=1S/C9H11NO/c11-8-5-1-3-7-4-2-6-10-9(7)8/h2,4-5,10-11H,1,3,6H2. The van der Waals surface area contributed by atoms with Crippen molar-refractivity contribution in [2.24, 2.45) is 0 Å². The van der Waals surface area contributed by atoms with Crippen LogP contribution in [0.5, 0.6) is 0 Å². The third kappa shape index (κ3) is 1.04. The number of hydrogen-bond acceptors (Lipinski definition) is 2. The zero-order chi connectivity index (χ0) is 7.68. The minimum Gasteiger partial charge on any atom is -0.506 e. The lowest BCUT2D eigenvalue weighted by atomic mass is 9.98. The third-order valence-electron chi connectivity index (χ3n) is 2.04. The highest BCUT2D eigenvalue weighted by atomic mass is 16.3. The second-order valence-electron chi connectivity index (χ2n) is 2.81. The average molecular weight is 149 g/mol. The van der Waals surface area contributed by atoms with Crippen molar-refractivity contribution in [3.05, 3.63) is 35.3 Å². The molecule has 58 valence electrons. The summed E-state index contributed by atoms with van der Waals surface area (Å²) in [5.74, 6) is 0.413. The molecule has 0 aromatic heterocycles. The summed E-state index contributed by atoms with van der Waals surface area (Å²) in [6.45, 7) is 0.830. The lowest BCUT2D eigenvalue weighted by Crippen LogP contribution is -2.21. The SMILES string of the molecule is OC1=CCCC2=C1NCC=C2. The van der Waals surface area contributed by atoms with Crippen molar-refractivity contribution in [1.29, 1.82) is 0 Å². The van der Waals surface area contributed by atoms with Crippen molar-refractivity contribution >= 4 is 0 Å². The second-order valence-corrected chi connectivity index (χ2v) is 2.81. The number of aliphatic hydroxyl groups is 1. The molecule has 2 aliphatic rings. The number of nitrogens with one attached hydrogen (secondary N) is 1. The van der Waals surface area contributed by atoms with Gasteiger partial charge >= 0.3 is 0 Å². The number of hydrogen-bond donors (Lipinski definition) is 2. The van der Waals surface area contributed by atoms with Gasteiger partial charge in [-0.05, 0) is 24.5 Å². The Kier molecular flexibility index (Phi) is 1.46. The van der Waals surface area contributed by atoms with Crippen molar-refractivity contribution < 1.29 is 5.11 Å². The maximum absolute atomic E-state index is 9.41. The van der Waals surface area contributed by atoms with E-state index in [1.54, 1.807) is 0 Å². The Morgan fingerprint density at radius 2 is 2.36 bits per heavy atom. The number of rotatable bonds is 0. The second kappa shape index (κ2) is 2.46. The fourth-order valence-electron chi connectivity index (χ4n) is 1.49. The van der Waals surface area contributed by atoms with Crippen LogP contribution in [0.15, 0.2) is 35.3 Å². The summed E-state index contributed by atoms with van der Waals surface area (Å²) in [5.41, 5.74) is 2.16. The molecule has 0 amide bonds. The van der Waals surface area contributed by atoms with Crippen molar-refractivity contribution in [2.75, 3.05) is 6.54 Å². The first kappa shape index (κ1) is 6.53. The van der Waals surface area contributed by atoms with Crippen LogP contribution >= 0.6 is 0 Å². The van der Waals surface area contributed by atoms with Crippen LogP contribution in [0, 0.1) is 0 Å². The van der Waals surface area contributed by atoms with Gasteiger partial charge in [-0.25, -0.2) is 0 Å². The summed E-state index contributed by atoms with van der Waals surface area (Å²) in [6, 6.07) is 0. The molecule has 0 bridgehead atoms. The molecule has 11 heavy (non-hydrogen) atoms. The molecule has 0 unspecified atom stereocenters. The summed E-state index contributed by atoms with van der Waals surface area (Å²) >= 11 is 0. The van der Waals surface area contributed by atoms with Crippen LogP contribution in [-0.2, 0) is 0 Å². The predicted molar refractivity (Wildman–Crippen MR) is 44.1 cm³/mol. The Labute approximate surface area is 65.9 Å². The van der Waals surface area contributed by atoms with Gasteiger partial charge in [0, 0.05) is 6.54 Å². The zero-order valence-corrected chi connectivity index (χ0v) is 6.30. The Morgan fingerprint density at radius 1 is 1.45 bits per heavy atom. The molecule has 0 saturated carbocycles. The number of allylic oxidation sites excluding steroid dienone is 3. The van der Waals surface area contributed by atoms with Crippen LogP contribution < -0.4 is 5.32 Å². The molecule has 2 N–H and O–H groups in total. The zero-order valence-electron chi connectivity index (χ0n) is 6.30. The summed E-state index contributed by atoms with van der Waals surface area (Å²) in [4.78, 5) is 0. The van der Waals surface area contributed by atoms with Gasteiger partial charge in [-0.1, -0.05) is 12.2 Å². The molecule has 1 aliphatic carbocycles. The van der Waals surface area contributed by atoms with Crippen LogP contribution in [0.3, 0.4) is 0 Å². The normalized spacial score (nSPS) is 22.4. The summed E-state index contributed by atoms with van der Waals surface area (Å²) in [7, 11) is 0. The fraction of sp³-hybridized carbons (Fsp3) is 0.333. The van der Waals surface area contributed by atoms with Crippen LogP contribution in [0.4, 0.5) is 0 Å². The lowest BCUT2D eigenvalue weighted by Gasteiger charge is -2.20. The van der Waals surface area contributed by atoms with E-state index < -0.39 is 0 Å². The molecule has 2 rings (SSSR count). The van der Waals surface area contributed by atoms with Gasteiger partial charge in [0.1, 0.15) is 5.76 Å². The highest BCUT2D eigenvalue weighted by molar-refractivity contribution is 5.40. The van der Waals surface area contributed by atoms with Gasteiger partial charge in [0.2, 0.25) is 0 Å². The van der Waals surface area contributed by atoms with Crippen LogP contribution in [0.25, 0.3) is 0 Å². The van der Waals surface area contributed by atoms with E-state index in [9.17, 15) is 5.11 Å².